The quantitative estimate of drug-likeness (QED) is 0.788. The molecule has 1 aromatic heterocycles. The van der Waals surface area contributed by atoms with Crippen molar-refractivity contribution in [3.05, 3.63) is 59.4 Å². The Hall–Kier alpha value is -1.87. The van der Waals surface area contributed by atoms with Gasteiger partial charge in [0.05, 0.1) is 0 Å². The van der Waals surface area contributed by atoms with Gasteiger partial charge in [-0.3, -0.25) is 4.98 Å². The molecule has 88 valence electrons. The molecular weight excluding hydrogens is 210 g/mol. The molecule has 0 saturated carbocycles. The summed E-state index contributed by atoms with van der Waals surface area (Å²) in [7, 11) is 0. The van der Waals surface area contributed by atoms with Gasteiger partial charge in [0, 0.05) is 31.2 Å². The van der Waals surface area contributed by atoms with Crippen molar-refractivity contribution >= 4 is 5.69 Å². The summed E-state index contributed by atoms with van der Waals surface area (Å²) in [5.41, 5.74) is 10.3. The fourth-order valence-electron chi connectivity index (χ4n) is 1.71. The number of para-hydroxylation sites is 1. The van der Waals surface area contributed by atoms with E-state index in [1.54, 1.807) is 0 Å². The number of hydrogen-bond donors (Lipinski definition) is 2. The van der Waals surface area contributed by atoms with E-state index in [0.717, 1.165) is 24.3 Å². The average molecular weight is 227 g/mol. The van der Waals surface area contributed by atoms with Crippen molar-refractivity contribution in [1.82, 2.24) is 10.3 Å². The highest BCUT2D eigenvalue weighted by molar-refractivity contribution is 5.46. The molecule has 0 fully saturated rings. The van der Waals surface area contributed by atoms with E-state index in [4.69, 9.17) is 5.73 Å². The number of nitrogens with zero attached hydrogens (tertiary/aromatic N) is 1. The van der Waals surface area contributed by atoms with Crippen LogP contribution in [0, 0.1) is 6.92 Å². The maximum Gasteiger partial charge on any atom is 0.0359 e. The molecule has 2 rings (SSSR count). The number of benzene rings is 1. The first-order valence-electron chi connectivity index (χ1n) is 5.71. The predicted molar refractivity (Wildman–Crippen MR) is 70.4 cm³/mol. The van der Waals surface area contributed by atoms with Crippen LogP contribution in [0.4, 0.5) is 5.69 Å². The minimum Gasteiger partial charge on any atom is -0.398 e. The molecule has 0 amide bonds. The van der Waals surface area contributed by atoms with E-state index in [-0.39, 0.29) is 0 Å². The Balaban J connectivity index is 1.93. The van der Waals surface area contributed by atoms with Crippen molar-refractivity contribution in [2.24, 2.45) is 0 Å². The van der Waals surface area contributed by atoms with Crippen LogP contribution in [-0.4, -0.2) is 4.98 Å². The van der Waals surface area contributed by atoms with Crippen molar-refractivity contribution in [1.29, 1.82) is 0 Å². The number of anilines is 1. The number of rotatable bonds is 4. The Morgan fingerprint density at radius 2 is 1.88 bits per heavy atom. The molecule has 0 atom stereocenters. The van der Waals surface area contributed by atoms with Crippen molar-refractivity contribution in [3.8, 4) is 0 Å². The van der Waals surface area contributed by atoms with Gasteiger partial charge < -0.3 is 11.1 Å². The molecule has 0 saturated heterocycles. The Kier molecular flexibility index (Phi) is 3.73. The molecular formula is C14H17N3. The zero-order valence-corrected chi connectivity index (χ0v) is 9.98. The van der Waals surface area contributed by atoms with Crippen LogP contribution in [-0.2, 0) is 13.1 Å². The number of nitrogen functional groups attached to an aromatic ring is 1. The molecule has 0 spiro atoms. The highest BCUT2D eigenvalue weighted by Crippen LogP contribution is 2.10. The summed E-state index contributed by atoms with van der Waals surface area (Å²) in [6, 6.07) is 9.94. The zero-order valence-electron chi connectivity index (χ0n) is 9.98. The lowest BCUT2D eigenvalue weighted by Gasteiger charge is -2.08. The first-order valence-corrected chi connectivity index (χ1v) is 5.71. The Morgan fingerprint density at radius 1 is 1.12 bits per heavy atom. The maximum atomic E-state index is 5.88. The number of nitrogens with one attached hydrogen (secondary N) is 1. The lowest BCUT2D eigenvalue weighted by molar-refractivity contribution is 0.690. The Labute approximate surface area is 102 Å². The first kappa shape index (κ1) is 11.6. The molecule has 3 nitrogen and oxygen atoms in total. The maximum absolute atomic E-state index is 5.88. The minimum atomic E-state index is 0.779. The van der Waals surface area contributed by atoms with E-state index < -0.39 is 0 Å². The Bertz CT molecular complexity index is 449. The molecule has 0 unspecified atom stereocenters. The van der Waals surface area contributed by atoms with Gasteiger partial charge in [0.2, 0.25) is 0 Å². The molecule has 0 bridgehead atoms. The van der Waals surface area contributed by atoms with Gasteiger partial charge >= 0.3 is 0 Å². The van der Waals surface area contributed by atoms with Crippen LogP contribution in [0.3, 0.4) is 0 Å². The van der Waals surface area contributed by atoms with E-state index in [1.807, 2.05) is 42.7 Å². The minimum absolute atomic E-state index is 0.779. The summed E-state index contributed by atoms with van der Waals surface area (Å²) < 4.78 is 0. The number of aryl methyl sites for hydroxylation is 1. The smallest absolute Gasteiger partial charge is 0.0359 e. The second-order valence-corrected chi connectivity index (χ2v) is 4.10. The highest BCUT2D eigenvalue weighted by Gasteiger charge is 1.99. The third-order valence-electron chi connectivity index (χ3n) is 2.83. The van der Waals surface area contributed by atoms with Gasteiger partial charge in [0.25, 0.3) is 0 Å². The van der Waals surface area contributed by atoms with Crippen molar-refractivity contribution in [2.45, 2.75) is 20.0 Å². The number of hydrogen-bond acceptors (Lipinski definition) is 3. The molecule has 0 aliphatic carbocycles. The molecule has 0 aliphatic rings. The van der Waals surface area contributed by atoms with Gasteiger partial charge in [-0.05, 0) is 35.7 Å². The van der Waals surface area contributed by atoms with Crippen molar-refractivity contribution < 1.29 is 0 Å². The summed E-state index contributed by atoms with van der Waals surface area (Å²) in [6.07, 6.45) is 3.71. The summed E-state index contributed by atoms with van der Waals surface area (Å²) in [5, 5.41) is 3.38. The molecule has 0 aliphatic heterocycles. The average Bonchev–Trinajstić information content (AvgIpc) is 2.34. The molecule has 3 heteroatoms. The Morgan fingerprint density at radius 3 is 2.65 bits per heavy atom. The fraction of sp³-hybridized carbons (Fsp3) is 0.214. The van der Waals surface area contributed by atoms with Gasteiger partial charge in [-0.2, -0.15) is 0 Å². The summed E-state index contributed by atoms with van der Waals surface area (Å²) in [4.78, 5) is 4.12. The van der Waals surface area contributed by atoms with E-state index in [2.05, 4.69) is 17.2 Å². The van der Waals surface area contributed by atoms with Gasteiger partial charge in [0.1, 0.15) is 0 Å². The van der Waals surface area contributed by atoms with Gasteiger partial charge in [-0.15, -0.1) is 0 Å². The van der Waals surface area contributed by atoms with Gasteiger partial charge in [-0.1, -0.05) is 18.2 Å². The lowest BCUT2D eigenvalue weighted by Crippen LogP contribution is -2.14. The van der Waals surface area contributed by atoms with Gasteiger partial charge in [-0.25, -0.2) is 0 Å². The van der Waals surface area contributed by atoms with Crippen molar-refractivity contribution in [2.75, 3.05) is 5.73 Å². The van der Waals surface area contributed by atoms with Gasteiger partial charge in [0.15, 0.2) is 0 Å². The molecule has 3 N–H and O–H groups in total. The predicted octanol–water partition coefficient (Wildman–Crippen LogP) is 2.26. The molecule has 17 heavy (non-hydrogen) atoms. The van der Waals surface area contributed by atoms with Crippen LogP contribution >= 0.6 is 0 Å². The third kappa shape index (κ3) is 3.04. The van der Waals surface area contributed by atoms with Crippen LogP contribution in [0.2, 0.25) is 0 Å². The topological polar surface area (TPSA) is 50.9 Å². The van der Waals surface area contributed by atoms with Crippen LogP contribution < -0.4 is 11.1 Å². The normalized spacial score (nSPS) is 10.4. The van der Waals surface area contributed by atoms with Crippen LogP contribution in [0.5, 0.6) is 0 Å². The van der Waals surface area contributed by atoms with Crippen LogP contribution in [0.25, 0.3) is 0 Å². The molecule has 1 aromatic carbocycles. The highest BCUT2D eigenvalue weighted by atomic mass is 14.9. The number of pyridine rings is 1. The lowest BCUT2D eigenvalue weighted by atomic mass is 10.1. The third-order valence-corrected chi connectivity index (χ3v) is 2.83. The molecule has 0 radical (unpaired) electrons. The summed E-state index contributed by atoms with van der Waals surface area (Å²) >= 11 is 0. The van der Waals surface area contributed by atoms with Crippen LogP contribution in [0.15, 0.2) is 42.7 Å². The zero-order chi connectivity index (χ0) is 12.1. The van der Waals surface area contributed by atoms with E-state index in [9.17, 15) is 0 Å². The standard InChI is InChI=1S/C14H17N3/c1-11-6-7-16-9-13(11)10-17-8-12-4-2-3-5-14(12)15/h2-7,9,17H,8,10,15H2,1H3. The first-order chi connectivity index (χ1) is 8.27. The molecule has 2 aromatic rings. The summed E-state index contributed by atoms with van der Waals surface area (Å²) in [6.45, 7) is 3.69. The monoisotopic (exact) mass is 227 g/mol. The fourth-order valence-corrected chi connectivity index (χ4v) is 1.71. The van der Waals surface area contributed by atoms with Crippen LogP contribution in [0.1, 0.15) is 16.7 Å². The SMILES string of the molecule is Cc1ccncc1CNCc1ccccc1N. The van der Waals surface area contributed by atoms with E-state index >= 15 is 0 Å². The second kappa shape index (κ2) is 5.46. The summed E-state index contributed by atoms with van der Waals surface area (Å²) in [5.74, 6) is 0. The van der Waals surface area contributed by atoms with Crippen molar-refractivity contribution in [3.63, 3.8) is 0 Å². The second-order valence-electron chi connectivity index (χ2n) is 4.10. The van der Waals surface area contributed by atoms with E-state index in [0.29, 0.717) is 0 Å². The number of aromatic nitrogens is 1. The largest absolute Gasteiger partial charge is 0.398 e. The number of nitrogens with two attached hydrogens (primary N) is 1. The molecule has 1 heterocycles. The van der Waals surface area contributed by atoms with E-state index in [1.165, 1.54) is 11.1 Å².